The van der Waals surface area contributed by atoms with Crippen LogP contribution in [-0.4, -0.2) is 35.4 Å². The molecule has 6 nitrogen and oxygen atoms in total. The van der Waals surface area contributed by atoms with Crippen molar-refractivity contribution in [2.45, 2.75) is 20.8 Å². The Labute approximate surface area is 290 Å². The van der Waals surface area contributed by atoms with E-state index in [2.05, 4.69) is 0 Å². The third-order valence-electron chi connectivity index (χ3n) is 9.29. The first-order valence-corrected chi connectivity index (χ1v) is 16.4. The fraction of sp³-hybridized carbons (Fsp3) is 0.0909. The van der Waals surface area contributed by atoms with E-state index >= 15 is 0 Å². The molecule has 0 aliphatic rings. The van der Waals surface area contributed by atoms with Crippen LogP contribution in [0.25, 0.3) is 27.5 Å². The van der Waals surface area contributed by atoms with Crippen molar-refractivity contribution in [3.8, 4) is 5.69 Å². The van der Waals surface area contributed by atoms with E-state index in [-0.39, 0.29) is 28.6 Å². The van der Waals surface area contributed by atoms with Crippen molar-refractivity contribution in [2.75, 3.05) is 11.9 Å². The Morgan fingerprint density at radius 2 is 1.08 bits per heavy atom. The molecule has 0 aliphatic carbocycles. The first kappa shape index (κ1) is 32.2. The number of aromatic nitrogens is 1. The molecule has 6 heteroatoms. The van der Waals surface area contributed by atoms with Gasteiger partial charge in [-0.1, -0.05) is 90.5 Å². The zero-order chi connectivity index (χ0) is 35.1. The maximum Gasteiger partial charge on any atom is 0.260 e. The van der Waals surface area contributed by atoms with Crippen LogP contribution in [0.4, 0.5) is 5.69 Å². The van der Waals surface area contributed by atoms with Gasteiger partial charge in [0.2, 0.25) is 0 Å². The van der Waals surface area contributed by atoms with Gasteiger partial charge < -0.3 is 9.47 Å². The van der Waals surface area contributed by atoms with E-state index < -0.39 is 0 Å². The zero-order valence-electron chi connectivity index (χ0n) is 28.2. The second-order valence-corrected chi connectivity index (χ2v) is 12.7. The van der Waals surface area contributed by atoms with Crippen LogP contribution in [0.3, 0.4) is 0 Å². The molecular formula is C44H34N2O4. The maximum absolute atomic E-state index is 14.6. The second kappa shape index (κ2) is 12.9. The Morgan fingerprint density at radius 3 is 1.56 bits per heavy atom. The minimum atomic E-state index is -0.334. The number of aldehydes is 1. The lowest BCUT2D eigenvalue weighted by molar-refractivity contribution is 0.0985. The van der Waals surface area contributed by atoms with E-state index in [0.29, 0.717) is 34.2 Å². The number of nitrogens with zero attached hydrogens (tertiary/aromatic N) is 2. The Bertz CT molecular complexity index is 2360. The Hall–Kier alpha value is -6.40. The van der Waals surface area contributed by atoms with Crippen molar-refractivity contribution in [2.24, 2.45) is 0 Å². The summed E-state index contributed by atoms with van der Waals surface area (Å²) in [6.45, 7) is 5.97. The summed E-state index contributed by atoms with van der Waals surface area (Å²) >= 11 is 0. The van der Waals surface area contributed by atoms with Gasteiger partial charge in [0.15, 0.2) is 17.9 Å². The van der Waals surface area contributed by atoms with Crippen LogP contribution in [-0.2, 0) is 0 Å². The number of fused-ring (bicyclic) bond motifs is 3. The largest absolute Gasteiger partial charge is 0.311 e. The Kier molecular flexibility index (Phi) is 8.30. The summed E-state index contributed by atoms with van der Waals surface area (Å²) in [5, 5.41) is 1.47. The third-order valence-corrected chi connectivity index (χ3v) is 9.29. The third kappa shape index (κ3) is 5.51. The van der Waals surface area contributed by atoms with Gasteiger partial charge >= 0.3 is 0 Å². The topological polar surface area (TPSA) is 76.5 Å². The molecule has 0 radical (unpaired) electrons. The lowest BCUT2D eigenvalue weighted by Crippen LogP contribution is -2.30. The molecule has 0 spiro atoms. The molecule has 0 fully saturated rings. The van der Waals surface area contributed by atoms with Gasteiger partial charge in [-0.05, 0) is 74.4 Å². The SMILES string of the molecule is Cc1cc(C)c(N(C)C(=O)c2c(C=O)cccc2-n2c3ccc(C(=O)c4ccccc4)cc3c3cc(C(=O)c4ccccc4)ccc32)c(C)c1. The fourth-order valence-electron chi connectivity index (χ4n) is 7.12. The molecule has 0 saturated carbocycles. The van der Waals surface area contributed by atoms with Gasteiger partial charge in [0.25, 0.3) is 5.91 Å². The van der Waals surface area contributed by atoms with Crippen LogP contribution in [0.1, 0.15) is 69.2 Å². The van der Waals surface area contributed by atoms with Crippen molar-refractivity contribution < 1.29 is 19.2 Å². The molecule has 1 heterocycles. The van der Waals surface area contributed by atoms with Gasteiger partial charge in [0, 0.05) is 51.3 Å². The van der Waals surface area contributed by atoms with Gasteiger partial charge in [-0.3, -0.25) is 19.2 Å². The number of hydrogen-bond acceptors (Lipinski definition) is 4. The highest BCUT2D eigenvalue weighted by Gasteiger charge is 2.26. The minimum Gasteiger partial charge on any atom is -0.311 e. The van der Waals surface area contributed by atoms with E-state index in [1.54, 1.807) is 60.5 Å². The van der Waals surface area contributed by atoms with E-state index in [9.17, 15) is 19.2 Å². The molecule has 0 aliphatic heterocycles. The number of carbonyl (C=O) groups excluding carboxylic acids is 4. The van der Waals surface area contributed by atoms with Crippen molar-refractivity contribution in [1.29, 1.82) is 0 Å². The number of rotatable bonds is 8. The summed E-state index contributed by atoms with van der Waals surface area (Å²) < 4.78 is 1.95. The molecule has 244 valence electrons. The molecule has 50 heavy (non-hydrogen) atoms. The fourth-order valence-corrected chi connectivity index (χ4v) is 7.12. The highest BCUT2D eigenvalue weighted by Crippen LogP contribution is 2.37. The van der Waals surface area contributed by atoms with Crippen molar-refractivity contribution in [1.82, 2.24) is 4.57 Å². The second-order valence-electron chi connectivity index (χ2n) is 12.7. The van der Waals surface area contributed by atoms with Gasteiger partial charge in [-0.25, -0.2) is 0 Å². The van der Waals surface area contributed by atoms with E-state index in [4.69, 9.17) is 0 Å². The average molecular weight is 655 g/mol. The van der Waals surface area contributed by atoms with Gasteiger partial charge in [-0.15, -0.1) is 0 Å². The minimum absolute atomic E-state index is 0.130. The van der Waals surface area contributed by atoms with Crippen LogP contribution in [0.15, 0.2) is 127 Å². The van der Waals surface area contributed by atoms with Crippen molar-refractivity contribution >= 4 is 51.3 Å². The van der Waals surface area contributed by atoms with Crippen LogP contribution in [0.5, 0.6) is 0 Å². The van der Waals surface area contributed by atoms with E-state index in [0.717, 1.165) is 44.2 Å². The standard InChI is InChI=1S/C44H34N2O4/c1-27-22-28(2)41(29(3)23-27)45(4)44(50)40-34(26-47)16-11-17-39(40)46-37-20-18-32(42(48)30-12-7-5-8-13-30)24-35(37)36-25-33(19-21-38(36)46)43(49)31-14-9-6-10-15-31/h5-26H,1-4H3. The molecule has 1 aromatic heterocycles. The highest BCUT2D eigenvalue weighted by atomic mass is 16.2. The quantitative estimate of drug-likeness (QED) is 0.121. The van der Waals surface area contributed by atoms with Crippen LogP contribution in [0.2, 0.25) is 0 Å². The predicted octanol–water partition coefficient (Wildman–Crippen LogP) is 9.26. The summed E-state index contributed by atoms with van der Waals surface area (Å²) in [6, 6.07) is 38.4. The molecule has 7 rings (SSSR count). The monoisotopic (exact) mass is 654 g/mol. The number of aryl methyl sites for hydroxylation is 3. The number of anilines is 1. The first-order chi connectivity index (χ1) is 24.2. The number of amides is 1. The molecule has 0 saturated heterocycles. The van der Waals surface area contributed by atoms with Gasteiger partial charge in [0.1, 0.15) is 0 Å². The molecule has 0 unspecified atom stereocenters. The molecule has 7 aromatic rings. The highest BCUT2D eigenvalue weighted by molar-refractivity contribution is 6.19. The van der Waals surface area contributed by atoms with Gasteiger partial charge in [-0.2, -0.15) is 0 Å². The lowest BCUT2D eigenvalue weighted by atomic mass is 9.99. The van der Waals surface area contributed by atoms with Gasteiger partial charge in [0.05, 0.1) is 22.3 Å². The first-order valence-electron chi connectivity index (χ1n) is 16.4. The number of ketones is 2. The summed E-state index contributed by atoms with van der Waals surface area (Å²) in [5.74, 6) is -0.595. The smallest absolute Gasteiger partial charge is 0.260 e. The van der Waals surface area contributed by atoms with Crippen molar-refractivity contribution in [3.63, 3.8) is 0 Å². The predicted molar refractivity (Wildman–Crippen MR) is 199 cm³/mol. The van der Waals surface area contributed by atoms with Crippen LogP contribution < -0.4 is 4.90 Å². The molecule has 0 bridgehead atoms. The number of benzene rings is 6. The zero-order valence-corrected chi connectivity index (χ0v) is 28.2. The number of carbonyl (C=O) groups is 4. The molecular weight excluding hydrogens is 620 g/mol. The lowest BCUT2D eigenvalue weighted by Gasteiger charge is -2.25. The summed E-state index contributed by atoms with van der Waals surface area (Å²) in [7, 11) is 1.73. The normalized spacial score (nSPS) is 11.1. The Balaban J connectivity index is 1.48. The molecule has 0 atom stereocenters. The summed E-state index contributed by atoms with van der Waals surface area (Å²) in [5.41, 5.74) is 8.33. The maximum atomic E-state index is 14.6. The van der Waals surface area contributed by atoms with E-state index in [1.807, 2.05) is 104 Å². The molecule has 0 N–H and O–H groups in total. The summed E-state index contributed by atoms with van der Waals surface area (Å²) in [4.78, 5) is 56.0. The number of hydrogen-bond donors (Lipinski definition) is 0. The van der Waals surface area contributed by atoms with Crippen LogP contribution >= 0.6 is 0 Å². The van der Waals surface area contributed by atoms with Crippen LogP contribution in [0, 0.1) is 20.8 Å². The Morgan fingerprint density at radius 1 is 0.580 bits per heavy atom. The molecule has 1 amide bonds. The van der Waals surface area contributed by atoms with Crippen molar-refractivity contribution in [3.05, 3.63) is 177 Å². The average Bonchev–Trinajstić information content (AvgIpc) is 3.46. The van der Waals surface area contributed by atoms with E-state index in [1.165, 1.54) is 0 Å². The summed E-state index contributed by atoms with van der Waals surface area (Å²) in [6.07, 6.45) is 0.709. The molecule has 6 aromatic carbocycles.